The minimum Gasteiger partial charge on any atom is -0.313 e. The fourth-order valence-corrected chi connectivity index (χ4v) is 3.87. The van der Waals surface area contributed by atoms with Crippen molar-refractivity contribution in [3.05, 3.63) is 34.9 Å². The van der Waals surface area contributed by atoms with Crippen LogP contribution in [0.15, 0.2) is 18.2 Å². The molecule has 0 aromatic heterocycles. The highest BCUT2D eigenvalue weighted by Gasteiger charge is 2.40. The smallest absolute Gasteiger partial charge is 0.0377 e. The Morgan fingerprint density at radius 2 is 1.89 bits per heavy atom. The molecular formula is C17H27N. The third-order valence-corrected chi connectivity index (χ3v) is 4.94. The molecule has 1 unspecified atom stereocenters. The summed E-state index contributed by atoms with van der Waals surface area (Å²) in [5, 5.41) is 3.61. The molecule has 1 N–H and O–H groups in total. The van der Waals surface area contributed by atoms with Gasteiger partial charge in [0.15, 0.2) is 0 Å². The molecule has 2 rings (SSSR count). The lowest BCUT2D eigenvalue weighted by atomic mass is 9.72. The summed E-state index contributed by atoms with van der Waals surface area (Å²) >= 11 is 0. The van der Waals surface area contributed by atoms with E-state index in [0.29, 0.717) is 11.5 Å². The first kappa shape index (κ1) is 13.6. The Bertz CT molecular complexity index is 402. The third-order valence-electron chi connectivity index (χ3n) is 4.94. The fraction of sp³-hybridized carbons (Fsp3) is 0.647. The average molecular weight is 245 g/mol. The van der Waals surface area contributed by atoms with Crippen molar-refractivity contribution in [2.45, 2.75) is 58.9 Å². The lowest BCUT2D eigenvalue weighted by Crippen LogP contribution is -2.34. The van der Waals surface area contributed by atoms with Gasteiger partial charge in [-0.2, -0.15) is 0 Å². The van der Waals surface area contributed by atoms with E-state index in [0.717, 1.165) is 0 Å². The number of rotatable bonds is 4. The highest BCUT2D eigenvalue weighted by molar-refractivity contribution is 5.34. The molecule has 1 aromatic rings. The van der Waals surface area contributed by atoms with Gasteiger partial charge in [0.05, 0.1) is 0 Å². The second kappa shape index (κ2) is 5.44. The number of benzene rings is 1. The van der Waals surface area contributed by atoms with E-state index >= 15 is 0 Å². The van der Waals surface area contributed by atoms with Crippen molar-refractivity contribution in [3.63, 3.8) is 0 Å². The van der Waals surface area contributed by atoms with Crippen molar-refractivity contribution >= 4 is 0 Å². The predicted molar refractivity (Wildman–Crippen MR) is 78.9 cm³/mol. The van der Waals surface area contributed by atoms with Crippen LogP contribution in [-0.2, 0) is 0 Å². The van der Waals surface area contributed by atoms with Crippen LogP contribution in [0, 0.1) is 19.3 Å². The van der Waals surface area contributed by atoms with Crippen molar-refractivity contribution < 1.29 is 0 Å². The molecule has 0 aliphatic heterocycles. The molecule has 0 heterocycles. The van der Waals surface area contributed by atoms with Gasteiger partial charge >= 0.3 is 0 Å². The van der Waals surface area contributed by atoms with Crippen LogP contribution in [0.2, 0.25) is 0 Å². The summed E-state index contributed by atoms with van der Waals surface area (Å²) in [4.78, 5) is 0. The van der Waals surface area contributed by atoms with E-state index < -0.39 is 0 Å². The minimum absolute atomic E-state index is 0.481. The summed E-state index contributed by atoms with van der Waals surface area (Å²) in [6.07, 6.45) is 6.84. The number of hydrogen-bond acceptors (Lipinski definition) is 1. The number of aryl methyl sites for hydroxylation is 2. The van der Waals surface area contributed by atoms with Gasteiger partial charge in [-0.3, -0.25) is 0 Å². The quantitative estimate of drug-likeness (QED) is 0.821. The van der Waals surface area contributed by atoms with Crippen LogP contribution < -0.4 is 5.32 Å². The maximum atomic E-state index is 3.61. The first-order valence-corrected chi connectivity index (χ1v) is 7.37. The van der Waals surface area contributed by atoms with Gasteiger partial charge in [-0.05, 0) is 56.7 Å². The van der Waals surface area contributed by atoms with Crippen molar-refractivity contribution in [1.82, 2.24) is 5.32 Å². The molecule has 1 saturated carbocycles. The molecule has 1 atom stereocenters. The van der Waals surface area contributed by atoms with Gasteiger partial charge in [-0.25, -0.2) is 0 Å². The normalized spacial score (nSPS) is 20.0. The standard InChI is InChI=1S/C17H27N/c1-5-17(10-6-7-11-17)16(18-4)15-9-8-13(2)12-14(15)3/h8-9,12,16,18H,5-7,10-11H2,1-4H3. The van der Waals surface area contributed by atoms with Crippen LogP contribution in [0.1, 0.15) is 61.8 Å². The first-order valence-electron chi connectivity index (χ1n) is 7.37. The molecule has 1 aromatic carbocycles. The number of nitrogens with one attached hydrogen (secondary N) is 1. The van der Waals surface area contributed by atoms with Gasteiger partial charge in [-0.15, -0.1) is 0 Å². The predicted octanol–water partition coefficient (Wildman–Crippen LogP) is 4.53. The summed E-state index contributed by atoms with van der Waals surface area (Å²) in [5.74, 6) is 0. The largest absolute Gasteiger partial charge is 0.313 e. The van der Waals surface area contributed by atoms with Gasteiger partial charge in [0.2, 0.25) is 0 Å². The molecule has 100 valence electrons. The van der Waals surface area contributed by atoms with Crippen LogP contribution in [0.4, 0.5) is 0 Å². The zero-order valence-electron chi connectivity index (χ0n) is 12.3. The molecular weight excluding hydrogens is 218 g/mol. The summed E-state index contributed by atoms with van der Waals surface area (Å²) in [6, 6.07) is 7.43. The molecule has 0 bridgehead atoms. The second-order valence-corrected chi connectivity index (χ2v) is 6.00. The minimum atomic E-state index is 0.481. The molecule has 1 nitrogen and oxygen atoms in total. The van der Waals surface area contributed by atoms with Crippen LogP contribution in [0.25, 0.3) is 0 Å². The van der Waals surface area contributed by atoms with Gasteiger partial charge in [0.25, 0.3) is 0 Å². The molecule has 1 fully saturated rings. The Morgan fingerprint density at radius 3 is 2.39 bits per heavy atom. The second-order valence-electron chi connectivity index (χ2n) is 6.00. The Balaban J connectivity index is 2.38. The molecule has 0 radical (unpaired) electrons. The monoisotopic (exact) mass is 245 g/mol. The van der Waals surface area contributed by atoms with Crippen LogP contribution in [0.5, 0.6) is 0 Å². The van der Waals surface area contributed by atoms with E-state index in [9.17, 15) is 0 Å². The molecule has 1 aliphatic rings. The van der Waals surface area contributed by atoms with Crippen LogP contribution in [0.3, 0.4) is 0 Å². The molecule has 0 spiro atoms. The van der Waals surface area contributed by atoms with Gasteiger partial charge in [-0.1, -0.05) is 43.5 Å². The summed E-state index contributed by atoms with van der Waals surface area (Å²) in [6.45, 7) is 6.79. The SMILES string of the molecule is CCC1(C(NC)c2ccc(C)cc2C)CCCC1. The molecule has 0 amide bonds. The lowest BCUT2D eigenvalue weighted by molar-refractivity contribution is 0.194. The molecule has 1 heteroatoms. The van der Waals surface area contributed by atoms with Gasteiger partial charge in [0, 0.05) is 6.04 Å². The van der Waals surface area contributed by atoms with Crippen molar-refractivity contribution in [2.24, 2.45) is 5.41 Å². The maximum absolute atomic E-state index is 3.61. The molecule has 0 saturated heterocycles. The van der Waals surface area contributed by atoms with E-state index in [1.165, 1.54) is 48.8 Å². The maximum Gasteiger partial charge on any atom is 0.0377 e. The number of hydrogen-bond donors (Lipinski definition) is 1. The third kappa shape index (κ3) is 2.33. The highest BCUT2D eigenvalue weighted by atomic mass is 14.9. The zero-order valence-corrected chi connectivity index (χ0v) is 12.3. The Hall–Kier alpha value is -0.820. The summed E-state index contributed by atoms with van der Waals surface area (Å²) < 4.78 is 0. The molecule has 18 heavy (non-hydrogen) atoms. The van der Waals surface area contributed by atoms with E-state index in [1.807, 2.05) is 0 Å². The van der Waals surface area contributed by atoms with Gasteiger partial charge < -0.3 is 5.32 Å². The molecule has 1 aliphatic carbocycles. The van der Waals surface area contributed by atoms with Crippen LogP contribution in [-0.4, -0.2) is 7.05 Å². The zero-order chi connectivity index (χ0) is 13.2. The average Bonchev–Trinajstić information content (AvgIpc) is 2.83. The van der Waals surface area contributed by atoms with Crippen molar-refractivity contribution in [1.29, 1.82) is 0 Å². The Kier molecular flexibility index (Phi) is 4.11. The summed E-state index contributed by atoms with van der Waals surface area (Å²) in [5.41, 5.74) is 4.79. The highest BCUT2D eigenvalue weighted by Crippen LogP contribution is 2.50. The van der Waals surface area contributed by atoms with Crippen molar-refractivity contribution in [3.8, 4) is 0 Å². The van der Waals surface area contributed by atoms with E-state index in [4.69, 9.17) is 0 Å². The van der Waals surface area contributed by atoms with Crippen molar-refractivity contribution in [2.75, 3.05) is 7.05 Å². The van der Waals surface area contributed by atoms with E-state index in [1.54, 1.807) is 0 Å². The lowest BCUT2D eigenvalue weighted by Gasteiger charge is -2.38. The van der Waals surface area contributed by atoms with Gasteiger partial charge in [0.1, 0.15) is 0 Å². The summed E-state index contributed by atoms with van der Waals surface area (Å²) in [7, 11) is 2.12. The van der Waals surface area contributed by atoms with E-state index in [2.05, 4.69) is 51.3 Å². The topological polar surface area (TPSA) is 12.0 Å². The Labute approximate surface area is 112 Å². The van der Waals surface area contributed by atoms with E-state index in [-0.39, 0.29) is 0 Å². The van der Waals surface area contributed by atoms with Crippen LogP contribution >= 0.6 is 0 Å². The first-order chi connectivity index (χ1) is 8.63. The Morgan fingerprint density at radius 1 is 1.22 bits per heavy atom. The fourth-order valence-electron chi connectivity index (χ4n) is 3.87.